The van der Waals surface area contributed by atoms with Gasteiger partial charge < -0.3 is 16.0 Å². The Labute approximate surface area is 86.3 Å². The lowest BCUT2D eigenvalue weighted by molar-refractivity contribution is -0.138. The highest BCUT2D eigenvalue weighted by atomic mass is 16.5. The largest absolute Gasteiger partial charge is 0.480 e. The summed E-state index contributed by atoms with van der Waals surface area (Å²) in [4.78, 5) is 11.5. The van der Waals surface area contributed by atoms with Crippen LogP contribution in [0.5, 0.6) is 0 Å². The molecule has 1 atom stereocenters. The van der Waals surface area contributed by atoms with E-state index in [0.29, 0.717) is 23.6 Å². The van der Waals surface area contributed by atoms with E-state index >= 15 is 0 Å². The maximum absolute atomic E-state index is 10.7. The molecule has 4 N–H and O–H groups in total. The number of carbonyl (C=O) groups is 1. The monoisotopic (exact) mass is 211 g/mol. The van der Waals surface area contributed by atoms with Gasteiger partial charge in [-0.15, -0.1) is 9.94 Å². The van der Waals surface area contributed by atoms with Gasteiger partial charge in [0, 0.05) is 5.56 Å². The average Bonchev–Trinajstić information content (AvgIpc) is 2.92. The number of aromatic nitrogens is 2. The molecule has 0 radical (unpaired) electrons. The van der Waals surface area contributed by atoms with E-state index < -0.39 is 12.0 Å². The molecular formula is C9H13N3O3. The van der Waals surface area contributed by atoms with Crippen molar-refractivity contribution in [3.63, 3.8) is 0 Å². The molecule has 2 rings (SSSR count). The number of rotatable bonds is 4. The minimum Gasteiger partial charge on any atom is -0.480 e. The highest BCUT2D eigenvalue weighted by Crippen LogP contribution is 2.34. The average molecular weight is 211 g/mol. The summed E-state index contributed by atoms with van der Waals surface area (Å²) < 4.78 is 0. The fourth-order valence-electron chi connectivity index (χ4n) is 1.56. The number of aliphatic carboxylic acids is 1. The van der Waals surface area contributed by atoms with E-state index in [4.69, 9.17) is 10.8 Å². The molecule has 0 bridgehead atoms. The SMILES string of the molecule is NC(C(=O)O)c1cnn(O)c1CC1CC1. The van der Waals surface area contributed by atoms with Gasteiger partial charge in [0.2, 0.25) is 0 Å². The van der Waals surface area contributed by atoms with E-state index in [9.17, 15) is 10.0 Å². The standard InChI is InChI=1S/C9H13N3O3/c10-8(9(13)14)6-4-11-12(15)7(6)3-5-1-2-5/h4-5,8,15H,1-3,10H2,(H,13,14). The molecule has 0 spiro atoms. The number of carboxylic acids is 1. The lowest BCUT2D eigenvalue weighted by Gasteiger charge is -2.07. The molecule has 1 saturated carbocycles. The van der Waals surface area contributed by atoms with Gasteiger partial charge in [-0.1, -0.05) is 0 Å². The van der Waals surface area contributed by atoms with E-state index in [0.717, 1.165) is 17.7 Å². The van der Waals surface area contributed by atoms with Crippen LogP contribution in [0.25, 0.3) is 0 Å². The first-order valence-electron chi connectivity index (χ1n) is 4.84. The van der Waals surface area contributed by atoms with Crippen LogP contribution in [0.4, 0.5) is 0 Å². The van der Waals surface area contributed by atoms with Crippen molar-refractivity contribution in [2.24, 2.45) is 11.7 Å². The Balaban J connectivity index is 2.25. The van der Waals surface area contributed by atoms with E-state index in [-0.39, 0.29) is 0 Å². The van der Waals surface area contributed by atoms with Crippen molar-refractivity contribution >= 4 is 5.97 Å². The Hall–Kier alpha value is -1.56. The van der Waals surface area contributed by atoms with Gasteiger partial charge >= 0.3 is 5.97 Å². The van der Waals surface area contributed by atoms with Crippen LogP contribution in [0.2, 0.25) is 0 Å². The van der Waals surface area contributed by atoms with Crippen molar-refractivity contribution in [3.05, 3.63) is 17.5 Å². The van der Waals surface area contributed by atoms with Crippen LogP contribution in [0.15, 0.2) is 6.20 Å². The molecule has 1 aliphatic carbocycles. The topological polar surface area (TPSA) is 101 Å². The van der Waals surface area contributed by atoms with E-state index in [1.165, 1.54) is 6.20 Å². The zero-order chi connectivity index (χ0) is 11.0. The molecule has 82 valence electrons. The summed E-state index contributed by atoms with van der Waals surface area (Å²) in [6.07, 6.45) is 4.20. The minimum atomic E-state index is -1.11. The van der Waals surface area contributed by atoms with Crippen molar-refractivity contribution in [3.8, 4) is 0 Å². The number of carboxylic acid groups (broad SMARTS) is 1. The Morgan fingerprint density at radius 3 is 2.93 bits per heavy atom. The highest BCUT2D eigenvalue weighted by molar-refractivity contribution is 5.75. The molecule has 0 saturated heterocycles. The molecule has 0 amide bonds. The van der Waals surface area contributed by atoms with Crippen LogP contribution in [0, 0.1) is 5.92 Å². The Morgan fingerprint density at radius 2 is 2.40 bits per heavy atom. The van der Waals surface area contributed by atoms with Crippen LogP contribution in [-0.2, 0) is 11.2 Å². The van der Waals surface area contributed by atoms with Gasteiger partial charge in [0.25, 0.3) is 0 Å². The summed E-state index contributed by atoms with van der Waals surface area (Å²) in [5, 5.41) is 21.8. The first kappa shape index (κ1) is 9.97. The van der Waals surface area contributed by atoms with Crippen LogP contribution in [0.1, 0.15) is 30.1 Å². The third kappa shape index (κ3) is 1.94. The van der Waals surface area contributed by atoms with Crippen molar-refractivity contribution in [1.82, 2.24) is 9.94 Å². The van der Waals surface area contributed by atoms with E-state index in [1.54, 1.807) is 0 Å². The first-order chi connectivity index (χ1) is 7.09. The molecule has 0 aromatic carbocycles. The minimum absolute atomic E-state index is 0.400. The van der Waals surface area contributed by atoms with Crippen molar-refractivity contribution in [2.45, 2.75) is 25.3 Å². The van der Waals surface area contributed by atoms with Gasteiger partial charge in [-0.25, -0.2) is 0 Å². The first-order valence-corrected chi connectivity index (χ1v) is 4.84. The summed E-state index contributed by atoms with van der Waals surface area (Å²) in [5.41, 5.74) is 6.40. The van der Waals surface area contributed by atoms with Gasteiger partial charge in [0.1, 0.15) is 6.04 Å². The third-order valence-corrected chi connectivity index (χ3v) is 2.66. The molecule has 1 aliphatic rings. The van der Waals surface area contributed by atoms with Crippen LogP contribution in [-0.4, -0.2) is 26.2 Å². The second-order valence-electron chi connectivity index (χ2n) is 3.90. The normalized spacial score (nSPS) is 17.7. The van der Waals surface area contributed by atoms with Crippen molar-refractivity contribution in [1.29, 1.82) is 0 Å². The molecule has 1 heterocycles. The second kappa shape index (κ2) is 3.54. The second-order valence-corrected chi connectivity index (χ2v) is 3.90. The molecule has 6 nitrogen and oxygen atoms in total. The molecular weight excluding hydrogens is 198 g/mol. The van der Waals surface area contributed by atoms with E-state index in [1.807, 2.05) is 0 Å². The van der Waals surface area contributed by atoms with E-state index in [2.05, 4.69) is 5.10 Å². The molecule has 1 fully saturated rings. The summed E-state index contributed by atoms with van der Waals surface area (Å²) >= 11 is 0. The highest BCUT2D eigenvalue weighted by Gasteiger charge is 2.28. The lowest BCUT2D eigenvalue weighted by Crippen LogP contribution is -2.22. The molecule has 1 aromatic rings. The maximum atomic E-state index is 10.7. The molecule has 1 unspecified atom stereocenters. The Bertz CT molecular complexity index is 384. The number of hydrogen-bond acceptors (Lipinski definition) is 4. The van der Waals surface area contributed by atoms with Gasteiger partial charge in [-0.3, -0.25) is 4.79 Å². The summed E-state index contributed by atoms with van der Waals surface area (Å²) in [7, 11) is 0. The summed E-state index contributed by atoms with van der Waals surface area (Å²) in [5.74, 6) is -0.576. The van der Waals surface area contributed by atoms with Crippen LogP contribution < -0.4 is 5.73 Å². The zero-order valence-corrected chi connectivity index (χ0v) is 8.13. The smallest absolute Gasteiger partial charge is 0.325 e. The third-order valence-electron chi connectivity index (χ3n) is 2.66. The summed E-state index contributed by atoms with van der Waals surface area (Å²) in [6.45, 7) is 0. The molecule has 15 heavy (non-hydrogen) atoms. The quantitative estimate of drug-likeness (QED) is 0.615. The lowest BCUT2D eigenvalue weighted by atomic mass is 10.1. The molecule has 1 aromatic heterocycles. The van der Waals surface area contributed by atoms with Gasteiger partial charge in [0.15, 0.2) is 0 Å². The Morgan fingerprint density at radius 1 is 1.73 bits per heavy atom. The molecule has 0 aliphatic heterocycles. The van der Waals surface area contributed by atoms with Gasteiger partial charge in [0.05, 0.1) is 11.9 Å². The van der Waals surface area contributed by atoms with Crippen LogP contribution in [0.3, 0.4) is 0 Å². The van der Waals surface area contributed by atoms with Crippen molar-refractivity contribution < 1.29 is 15.1 Å². The Kier molecular flexibility index (Phi) is 2.36. The van der Waals surface area contributed by atoms with Crippen LogP contribution >= 0.6 is 0 Å². The zero-order valence-electron chi connectivity index (χ0n) is 8.13. The number of nitrogens with two attached hydrogens (primary N) is 1. The van der Waals surface area contributed by atoms with Gasteiger partial charge in [-0.05, 0) is 25.2 Å². The number of nitrogens with zero attached hydrogens (tertiary/aromatic N) is 2. The fourth-order valence-corrected chi connectivity index (χ4v) is 1.56. The number of hydrogen-bond donors (Lipinski definition) is 3. The van der Waals surface area contributed by atoms with Gasteiger partial charge in [-0.2, -0.15) is 0 Å². The van der Waals surface area contributed by atoms with Crippen molar-refractivity contribution in [2.75, 3.05) is 0 Å². The predicted octanol–water partition coefficient (Wildman–Crippen LogP) is 0.157. The maximum Gasteiger partial charge on any atom is 0.325 e. The molecule has 6 heteroatoms. The summed E-state index contributed by atoms with van der Waals surface area (Å²) in [6, 6.07) is -1.11. The fraction of sp³-hybridized carbons (Fsp3) is 0.556. The predicted molar refractivity (Wildman–Crippen MR) is 50.4 cm³/mol.